The number of hydrogen-bond acceptors (Lipinski definition) is 4. The first-order chi connectivity index (χ1) is 10.6. The van der Waals surface area contributed by atoms with Crippen molar-refractivity contribution in [2.75, 3.05) is 18.6 Å². The zero-order valence-electron chi connectivity index (χ0n) is 13.1. The molecule has 0 radical (unpaired) electrons. The highest BCUT2D eigenvalue weighted by Crippen LogP contribution is 2.30. The number of imide groups is 1. The third-order valence-electron chi connectivity index (χ3n) is 4.71. The number of rotatable bonds is 3. The Hall–Kier alpha value is -1.88. The Balaban J connectivity index is 1.81. The fraction of sp³-hybridized carbons (Fsp3) is 0.529. The summed E-state index contributed by atoms with van der Waals surface area (Å²) in [4.78, 5) is 28.6. The molecule has 2 heterocycles. The lowest BCUT2D eigenvalue weighted by Crippen LogP contribution is -2.48. The molecule has 2 aliphatic heterocycles. The van der Waals surface area contributed by atoms with E-state index in [4.69, 9.17) is 4.74 Å². The van der Waals surface area contributed by atoms with Gasteiger partial charge < -0.3 is 4.74 Å². The van der Waals surface area contributed by atoms with Crippen molar-refractivity contribution in [2.24, 2.45) is 0 Å². The van der Waals surface area contributed by atoms with Crippen LogP contribution in [0, 0.1) is 0 Å². The van der Waals surface area contributed by atoms with E-state index in [1.165, 1.54) is 11.3 Å². The molecule has 0 saturated carbocycles. The van der Waals surface area contributed by atoms with Crippen molar-refractivity contribution in [1.29, 1.82) is 0 Å². The normalized spacial score (nSPS) is 26.5. The number of benzene rings is 1. The van der Waals surface area contributed by atoms with Crippen LogP contribution in [-0.4, -0.2) is 42.5 Å². The molecule has 5 nitrogen and oxygen atoms in total. The van der Waals surface area contributed by atoms with Crippen LogP contribution in [0.4, 0.5) is 5.69 Å². The van der Waals surface area contributed by atoms with Gasteiger partial charge in [0.05, 0.1) is 25.3 Å². The van der Waals surface area contributed by atoms with E-state index < -0.39 is 0 Å². The first-order valence-corrected chi connectivity index (χ1v) is 7.88. The number of hydrogen-bond donors (Lipinski definition) is 0. The zero-order chi connectivity index (χ0) is 15.7. The predicted octanol–water partition coefficient (Wildman–Crippen LogP) is 2.20. The van der Waals surface area contributed by atoms with Gasteiger partial charge in [-0.15, -0.1) is 0 Å². The number of anilines is 1. The van der Waals surface area contributed by atoms with Crippen LogP contribution < -0.4 is 9.64 Å². The van der Waals surface area contributed by atoms with Gasteiger partial charge in [-0.2, -0.15) is 0 Å². The van der Waals surface area contributed by atoms with Gasteiger partial charge in [-0.1, -0.05) is 6.42 Å². The van der Waals surface area contributed by atoms with Gasteiger partial charge in [0.2, 0.25) is 5.91 Å². The van der Waals surface area contributed by atoms with Gasteiger partial charge in [0, 0.05) is 6.04 Å². The summed E-state index contributed by atoms with van der Waals surface area (Å²) in [5.41, 5.74) is 0.628. The summed E-state index contributed by atoms with van der Waals surface area (Å²) in [7, 11) is 1.59. The standard InChI is InChI=1S/C17H22N2O3/c1-12-5-3-4-10-18(12)15-11-16(20)19(17(15)21)13-6-8-14(22-2)9-7-13/h6-9,12,15H,3-5,10-11H2,1-2H3/t12-,15-/m0/s1. The van der Waals surface area contributed by atoms with Gasteiger partial charge in [0.15, 0.2) is 0 Å². The summed E-state index contributed by atoms with van der Waals surface area (Å²) in [6, 6.07) is 7.13. The van der Waals surface area contributed by atoms with Crippen LogP contribution in [0.5, 0.6) is 5.75 Å². The van der Waals surface area contributed by atoms with Crippen LogP contribution in [0.2, 0.25) is 0 Å². The Bertz CT molecular complexity index is 570. The van der Waals surface area contributed by atoms with Crippen molar-refractivity contribution in [3.05, 3.63) is 24.3 Å². The lowest BCUT2D eigenvalue weighted by atomic mass is 10.0. The van der Waals surface area contributed by atoms with Gasteiger partial charge in [0.25, 0.3) is 5.91 Å². The Morgan fingerprint density at radius 1 is 1.14 bits per heavy atom. The summed E-state index contributed by atoms with van der Waals surface area (Å²) in [6.07, 6.45) is 3.69. The second kappa shape index (κ2) is 6.08. The van der Waals surface area contributed by atoms with E-state index in [1.807, 2.05) is 0 Å². The van der Waals surface area contributed by atoms with Crippen molar-refractivity contribution in [3.8, 4) is 5.75 Å². The lowest BCUT2D eigenvalue weighted by molar-refractivity contribution is -0.123. The van der Waals surface area contributed by atoms with Gasteiger partial charge >= 0.3 is 0 Å². The number of ether oxygens (including phenoxy) is 1. The minimum atomic E-state index is -0.301. The van der Waals surface area contributed by atoms with Crippen molar-refractivity contribution >= 4 is 17.5 Å². The minimum absolute atomic E-state index is 0.0936. The molecule has 0 unspecified atom stereocenters. The number of carbonyl (C=O) groups excluding carboxylic acids is 2. The average molecular weight is 302 g/mol. The first-order valence-electron chi connectivity index (χ1n) is 7.88. The maximum atomic E-state index is 12.7. The van der Waals surface area contributed by atoms with E-state index in [-0.39, 0.29) is 24.3 Å². The van der Waals surface area contributed by atoms with Crippen LogP contribution in [0.1, 0.15) is 32.6 Å². The first kappa shape index (κ1) is 15.0. The maximum Gasteiger partial charge on any atom is 0.251 e. The molecule has 0 aromatic heterocycles. The molecule has 5 heteroatoms. The topological polar surface area (TPSA) is 49.9 Å². The van der Waals surface area contributed by atoms with Crippen molar-refractivity contribution in [3.63, 3.8) is 0 Å². The number of likely N-dealkylation sites (tertiary alicyclic amines) is 1. The highest BCUT2D eigenvalue weighted by molar-refractivity contribution is 6.22. The zero-order valence-corrected chi connectivity index (χ0v) is 13.1. The van der Waals surface area contributed by atoms with E-state index >= 15 is 0 Å². The number of carbonyl (C=O) groups is 2. The molecule has 2 saturated heterocycles. The SMILES string of the molecule is COc1ccc(N2C(=O)C[C@H](N3CCCC[C@@H]3C)C2=O)cc1. The second-order valence-corrected chi connectivity index (χ2v) is 6.07. The van der Waals surface area contributed by atoms with Crippen LogP contribution in [0.25, 0.3) is 0 Å². The molecule has 2 amide bonds. The molecule has 118 valence electrons. The average Bonchev–Trinajstić information content (AvgIpc) is 2.83. The largest absolute Gasteiger partial charge is 0.497 e. The molecule has 2 fully saturated rings. The molecular formula is C17H22N2O3. The third-order valence-corrected chi connectivity index (χ3v) is 4.71. The molecule has 2 atom stereocenters. The summed E-state index contributed by atoms with van der Waals surface area (Å²) >= 11 is 0. The molecular weight excluding hydrogens is 280 g/mol. The third kappa shape index (κ3) is 2.61. The molecule has 1 aromatic carbocycles. The Labute approximate surface area is 130 Å². The van der Waals surface area contributed by atoms with Crippen molar-refractivity contribution in [1.82, 2.24) is 4.90 Å². The van der Waals surface area contributed by atoms with E-state index in [0.717, 1.165) is 19.4 Å². The summed E-state index contributed by atoms with van der Waals surface area (Å²) < 4.78 is 5.12. The molecule has 22 heavy (non-hydrogen) atoms. The molecule has 1 aromatic rings. The van der Waals surface area contributed by atoms with Crippen LogP contribution in [0.3, 0.4) is 0 Å². The second-order valence-electron chi connectivity index (χ2n) is 6.07. The number of nitrogens with zero attached hydrogens (tertiary/aromatic N) is 2. The van der Waals surface area contributed by atoms with Crippen molar-refractivity contribution in [2.45, 2.75) is 44.7 Å². The highest BCUT2D eigenvalue weighted by Gasteiger charge is 2.44. The Morgan fingerprint density at radius 3 is 2.50 bits per heavy atom. The minimum Gasteiger partial charge on any atom is -0.497 e. The van der Waals surface area contributed by atoms with Crippen LogP contribution >= 0.6 is 0 Å². The predicted molar refractivity (Wildman–Crippen MR) is 83.9 cm³/mol. The van der Waals surface area contributed by atoms with Gasteiger partial charge in [0.1, 0.15) is 5.75 Å². The summed E-state index contributed by atoms with van der Waals surface area (Å²) in [5.74, 6) is 0.505. The molecule has 0 bridgehead atoms. The van der Waals surface area contributed by atoms with E-state index in [9.17, 15) is 9.59 Å². The van der Waals surface area contributed by atoms with Crippen LogP contribution in [-0.2, 0) is 9.59 Å². The van der Waals surface area contributed by atoms with Gasteiger partial charge in [-0.05, 0) is 50.6 Å². The Kier molecular flexibility index (Phi) is 4.16. The van der Waals surface area contributed by atoms with Crippen LogP contribution in [0.15, 0.2) is 24.3 Å². The van der Waals surface area contributed by atoms with E-state index in [1.54, 1.807) is 31.4 Å². The smallest absolute Gasteiger partial charge is 0.251 e. The fourth-order valence-corrected chi connectivity index (χ4v) is 3.46. The molecule has 3 rings (SSSR count). The van der Waals surface area contributed by atoms with Gasteiger partial charge in [-0.3, -0.25) is 14.5 Å². The lowest BCUT2D eigenvalue weighted by Gasteiger charge is -2.36. The summed E-state index contributed by atoms with van der Waals surface area (Å²) in [5, 5.41) is 0. The molecule has 0 spiro atoms. The highest BCUT2D eigenvalue weighted by atomic mass is 16.5. The fourth-order valence-electron chi connectivity index (χ4n) is 3.46. The Morgan fingerprint density at radius 2 is 1.86 bits per heavy atom. The number of piperidine rings is 1. The molecule has 0 aliphatic carbocycles. The number of amides is 2. The molecule has 0 N–H and O–H groups in total. The van der Waals surface area contributed by atoms with E-state index in [0.29, 0.717) is 17.5 Å². The quantitative estimate of drug-likeness (QED) is 0.803. The number of methoxy groups -OCH3 is 1. The monoisotopic (exact) mass is 302 g/mol. The maximum absolute atomic E-state index is 12.7. The summed E-state index contributed by atoms with van der Waals surface area (Å²) in [6.45, 7) is 3.05. The molecule has 2 aliphatic rings. The van der Waals surface area contributed by atoms with Gasteiger partial charge in [-0.25, -0.2) is 4.90 Å². The van der Waals surface area contributed by atoms with E-state index in [2.05, 4.69) is 11.8 Å². The van der Waals surface area contributed by atoms with Crippen molar-refractivity contribution < 1.29 is 14.3 Å².